The molecule has 0 saturated carbocycles. The van der Waals surface area contributed by atoms with Crippen LogP contribution in [0.25, 0.3) is 0 Å². The van der Waals surface area contributed by atoms with Crippen LogP contribution in [0.4, 0.5) is 0 Å². The second-order valence-electron chi connectivity index (χ2n) is 14.3. The molecule has 2 aromatic rings. The number of carboxylic acids is 2. The third-order valence-electron chi connectivity index (χ3n) is 9.46. The summed E-state index contributed by atoms with van der Waals surface area (Å²) in [6.45, 7) is 4.68. The molecule has 15 heteroatoms. The summed E-state index contributed by atoms with van der Waals surface area (Å²) in [5.41, 5.74) is 7.08. The van der Waals surface area contributed by atoms with Crippen LogP contribution >= 0.6 is 0 Å². The van der Waals surface area contributed by atoms with E-state index in [0.29, 0.717) is 50.1 Å². The Kier molecular flexibility index (Phi) is 18.6. The molecule has 55 heavy (non-hydrogen) atoms. The second kappa shape index (κ2) is 23.0. The van der Waals surface area contributed by atoms with Crippen molar-refractivity contribution in [2.45, 2.75) is 115 Å². The van der Waals surface area contributed by atoms with Gasteiger partial charge < -0.3 is 46.3 Å². The highest BCUT2D eigenvalue weighted by molar-refractivity contribution is 5.94. The van der Waals surface area contributed by atoms with E-state index in [2.05, 4.69) is 16.0 Å². The van der Waals surface area contributed by atoms with Gasteiger partial charge in [-0.1, -0.05) is 62.4 Å². The van der Waals surface area contributed by atoms with Gasteiger partial charge in [-0.3, -0.25) is 24.0 Å². The predicted octanol–water partition coefficient (Wildman–Crippen LogP) is 2.78. The third-order valence-corrected chi connectivity index (χ3v) is 9.46. The smallest absolute Gasteiger partial charge is 0.326 e. The molecule has 3 rings (SSSR count). The van der Waals surface area contributed by atoms with Crippen LogP contribution in [0, 0.1) is 5.92 Å². The van der Waals surface area contributed by atoms with E-state index < -0.39 is 72.3 Å². The number of methoxy groups -OCH3 is 1. The zero-order valence-corrected chi connectivity index (χ0v) is 32.0. The van der Waals surface area contributed by atoms with Crippen molar-refractivity contribution in [2.24, 2.45) is 11.7 Å². The first-order valence-corrected chi connectivity index (χ1v) is 18.9. The lowest BCUT2D eigenvalue weighted by atomic mass is 9.93. The summed E-state index contributed by atoms with van der Waals surface area (Å²) in [4.78, 5) is 79.4. The Morgan fingerprint density at radius 2 is 1.58 bits per heavy atom. The van der Waals surface area contributed by atoms with Crippen molar-refractivity contribution in [3.63, 3.8) is 0 Å². The van der Waals surface area contributed by atoms with Crippen molar-refractivity contribution >= 4 is 35.6 Å². The molecule has 0 bridgehead atoms. The largest absolute Gasteiger partial charge is 0.489 e. The fraction of sp³-hybridized carbons (Fsp3) is 0.550. The Hall–Kier alpha value is -5.02. The van der Waals surface area contributed by atoms with Gasteiger partial charge in [0.15, 0.2) is 0 Å². The van der Waals surface area contributed by atoms with Gasteiger partial charge in [0, 0.05) is 25.6 Å². The van der Waals surface area contributed by atoms with Crippen molar-refractivity contribution < 1.29 is 48.5 Å². The number of likely N-dealkylation sites (tertiary alicyclic amines) is 1. The molecule has 302 valence electrons. The van der Waals surface area contributed by atoms with Gasteiger partial charge >= 0.3 is 11.9 Å². The van der Waals surface area contributed by atoms with Crippen molar-refractivity contribution in [1.82, 2.24) is 20.9 Å². The number of hydrogen-bond acceptors (Lipinski definition) is 9. The molecule has 0 spiro atoms. The summed E-state index contributed by atoms with van der Waals surface area (Å²) in [6.07, 6.45) is 1.39. The van der Waals surface area contributed by atoms with E-state index in [-0.39, 0.29) is 44.6 Å². The van der Waals surface area contributed by atoms with E-state index in [1.165, 1.54) is 12.0 Å². The third kappa shape index (κ3) is 15.0. The topological polar surface area (TPSA) is 227 Å². The first-order valence-electron chi connectivity index (χ1n) is 18.9. The van der Waals surface area contributed by atoms with Crippen LogP contribution < -0.4 is 26.4 Å². The summed E-state index contributed by atoms with van der Waals surface area (Å²) in [5.74, 6) is -4.35. The van der Waals surface area contributed by atoms with Crippen LogP contribution in [0.5, 0.6) is 5.75 Å². The van der Waals surface area contributed by atoms with Gasteiger partial charge in [0.1, 0.15) is 30.5 Å². The van der Waals surface area contributed by atoms with E-state index in [9.17, 15) is 39.0 Å². The van der Waals surface area contributed by atoms with Gasteiger partial charge in [-0.25, -0.2) is 4.79 Å². The maximum Gasteiger partial charge on any atom is 0.326 e. The zero-order valence-electron chi connectivity index (χ0n) is 32.0. The minimum atomic E-state index is -1.48. The number of unbranched alkanes of at least 4 members (excludes halogenated alkanes) is 1. The van der Waals surface area contributed by atoms with Crippen molar-refractivity contribution in [3.05, 3.63) is 65.7 Å². The van der Waals surface area contributed by atoms with Crippen molar-refractivity contribution in [3.8, 4) is 5.75 Å². The molecule has 1 aliphatic rings. The maximum atomic E-state index is 14.1. The Bertz CT molecular complexity index is 1570. The number of nitrogens with two attached hydrogens (primary N) is 1. The molecule has 4 amide bonds. The lowest BCUT2D eigenvalue weighted by Crippen LogP contribution is -2.60. The molecule has 2 aromatic carbocycles. The normalized spacial score (nSPS) is 17.1. The summed E-state index contributed by atoms with van der Waals surface area (Å²) in [5, 5.41) is 27.3. The van der Waals surface area contributed by atoms with Gasteiger partial charge in [-0.15, -0.1) is 0 Å². The SMILES string of the molecule is CO[C@@H]1CCCN(C(=O)[C@H](CC(=O)O)NC(=O)[C@@H](CC(C)C)NC(=O)Cc2ccccc2OCc2ccccc2)[C@@H]1CCC(=O)N[C@@H](CCCCN)C(=O)O. The van der Waals surface area contributed by atoms with Gasteiger partial charge in [0.05, 0.1) is 25.0 Å². The predicted molar refractivity (Wildman–Crippen MR) is 204 cm³/mol. The number of nitrogens with zero attached hydrogens (tertiary/aromatic N) is 1. The highest BCUT2D eigenvalue weighted by Gasteiger charge is 2.39. The monoisotopic (exact) mass is 767 g/mol. The number of carboxylic acid groups (broad SMARTS) is 2. The molecular weight excluding hydrogens is 710 g/mol. The average molecular weight is 768 g/mol. The van der Waals surface area contributed by atoms with E-state index in [1.807, 2.05) is 44.2 Å². The number of benzene rings is 2. The molecule has 0 aromatic heterocycles. The van der Waals surface area contributed by atoms with E-state index in [0.717, 1.165) is 5.56 Å². The molecule has 15 nitrogen and oxygen atoms in total. The first kappa shape index (κ1) is 44.4. The molecule has 7 N–H and O–H groups in total. The van der Waals surface area contributed by atoms with Crippen LogP contribution in [0.15, 0.2) is 54.6 Å². The Balaban J connectivity index is 1.72. The van der Waals surface area contributed by atoms with E-state index in [1.54, 1.807) is 24.3 Å². The summed E-state index contributed by atoms with van der Waals surface area (Å²) < 4.78 is 11.7. The molecule has 0 radical (unpaired) electrons. The maximum absolute atomic E-state index is 14.1. The van der Waals surface area contributed by atoms with Gasteiger partial charge in [-0.2, -0.15) is 0 Å². The molecule has 1 aliphatic heterocycles. The highest BCUT2D eigenvalue weighted by atomic mass is 16.5. The lowest BCUT2D eigenvalue weighted by Gasteiger charge is -2.42. The van der Waals surface area contributed by atoms with Crippen molar-refractivity contribution in [2.75, 3.05) is 20.2 Å². The fourth-order valence-corrected chi connectivity index (χ4v) is 6.70. The zero-order chi connectivity index (χ0) is 40.3. The minimum Gasteiger partial charge on any atom is -0.489 e. The number of para-hydroxylation sites is 1. The number of aliphatic carboxylic acids is 2. The van der Waals surface area contributed by atoms with Gasteiger partial charge in [0.25, 0.3) is 0 Å². The van der Waals surface area contributed by atoms with Crippen LogP contribution in [-0.4, -0.2) is 101 Å². The fourth-order valence-electron chi connectivity index (χ4n) is 6.70. The minimum absolute atomic E-state index is 0.0485. The summed E-state index contributed by atoms with van der Waals surface area (Å²) in [7, 11) is 1.48. The Morgan fingerprint density at radius 3 is 2.24 bits per heavy atom. The molecule has 1 saturated heterocycles. The van der Waals surface area contributed by atoms with Crippen molar-refractivity contribution in [1.29, 1.82) is 0 Å². The van der Waals surface area contributed by atoms with E-state index >= 15 is 0 Å². The molecule has 1 fully saturated rings. The molecule has 1 heterocycles. The average Bonchev–Trinajstić information content (AvgIpc) is 3.15. The molecule has 5 atom stereocenters. The Labute approximate surface area is 322 Å². The van der Waals surface area contributed by atoms with Crippen LogP contribution in [0.3, 0.4) is 0 Å². The van der Waals surface area contributed by atoms with Crippen LogP contribution in [0.1, 0.15) is 82.8 Å². The number of carbonyl (C=O) groups is 6. The standard InChI is InChI=1S/C40H57N5O10/c1-26(2)22-30(43-36(47)23-28-14-7-8-16-33(28)55-25-27-12-5-4-6-13-27)38(50)44-31(24-37(48)49)39(51)45-21-11-17-34(54-3)32(45)18-19-35(46)42-29(40(52)53)15-9-10-20-41/h4-8,12-14,16,26,29-32,34H,9-11,15,17-25,41H2,1-3H3,(H,42,46)(H,43,47)(H,44,50)(H,48,49)(H,52,53)/t29-,30+,31-,32+,34+/m0/s1. The summed E-state index contributed by atoms with van der Waals surface area (Å²) in [6, 6.07) is 12.4. The van der Waals surface area contributed by atoms with E-state index in [4.69, 9.17) is 15.2 Å². The Morgan fingerprint density at radius 1 is 0.891 bits per heavy atom. The highest BCUT2D eigenvalue weighted by Crippen LogP contribution is 2.26. The van der Waals surface area contributed by atoms with Gasteiger partial charge in [-0.05, 0) is 69.0 Å². The number of piperidine rings is 1. The molecular formula is C40H57N5O10. The van der Waals surface area contributed by atoms with Gasteiger partial charge in [0.2, 0.25) is 23.6 Å². The number of nitrogens with one attached hydrogen (secondary N) is 3. The quantitative estimate of drug-likeness (QED) is 0.0902. The number of ether oxygens (including phenoxy) is 2. The molecule has 0 unspecified atom stereocenters. The first-order chi connectivity index (χ1) is 26.3. The number of rotatable bonds is 23. The number of amides is 4. The second-order valence-corrected chi connectivity index (χ2v) is 14.3. The van der Waals surface area contributed by atoms with Crippen LogP contribution in [-0.2, 0) is 46.5 Å². The number of hydrogen-bond donors (Lipinski definition) is 6. The molecule has 0 aliphatic carbocycles. The van der Waals surface area contributed by atoms with Crippen LogP contribution in [0.2, 0.25) is 0 Å². The lowest BCUT2D eigenvalue weighted by molar-refractivity contribution is -0.149. The number of carbonyl (C=O) groups excluding carboxylic acids is 4. The summed E-state index contributed by atoms with van der Waals surface area (Å²) >= 11 is 0.